The van der Waals surface area contributed by atoms with Crippen molar-refractivity contribution in [2.45, 2.75) is 51.9 Å². The van der Waals surface area contributed by atoms with Gasteiger partial charge < -0.3 is 4.57 Å². The Hall–Kier alpha value is -3.67. The molecule has 0 aliphatic rings. The standard InChI is InChI=1S/C38H37OP/c1-37(2,3)40(39,38(4,5)6)30-17-13-16-28(25-30)35-31-18-9-11-20-33(31)36(34-21-12-10-19-32(34)35)29-23-22-26-14-7-8-15-27(26)24-29/h7-25H,1-6H3. The van der Waals surface area contributed by atoms with E-state index < -0.39 is 7.14 Å². The van der Waals surface area contributed by atoms with Crippen LogP contribution in [0.5, 0.6) is 0 Å². The average molecular weight is 541 g/mol. The number of hydrogen-bond donors (Lipinski definition) is 0. The second-order valence-electron chi connectivity index (χ2n) is 12.9. The monoisotopic (exact) mass is 540 g/mol. The molecule has 0 saturated heterocycles. The lowest BCUT2D eigenvalue weighted by molar-refractivity contribution is 0.527. The topological polar surface area (TPSA) is 17.1 Å². The van der Waals surface area contributed by atoms with Crippen LogP contribution in [0.1, 0.15) is 41.5 Å². The van der Waals surface area contributed by atoms with Gasteiger partial charge in [0.25, 0.3) is 0 Å². The number of hydrogen-bond acceptors (Lipinski definition) is 1. The fraction of sp³-hybridized carbons (Fsp3) is 0.211. The quantitative estimate of drug-likeness (QED) is 0.161. The van der Waals surface area contributed by atoms with Crippen LogP contribution in [0.15, 0.2) is 115 Å². The number of benzene rings is 6. The molecule has 0 spiro atoms. The molecular formula is C38H37OP. The summed E-state index contributed by atoms with van der Waals surface area (Å²) in [6, 6.07) is 41.4. The first-order chi connectivity index (χ1) is 19.0. The fourth-order valence-electron chi connectivity index (χ4n) is 6.73. The summed E-state index contributed by atoms with van der Waals surface area (Å²) in [4.78, 5) is 0. The second kappa shape index (κ2) is 9.46. The van der Waals surface area contributed by atoms with Gasteiger partial charge in [-0.2, -0.15) is 0 Å². The molecule has 6 aromatic rings. The van der Waals surface area contributed by atoms with Crippen molar-refractivity contribution in [3.8, 4) is 22.3 Å². The zero-order chi connectivity index (χ0) is 28.3. The van der Waals surface area contributed by atoms with Crippen LogP contribution in [-0.4, -0.2) is 10.3 Å². The minimum atomic E-state index is -2.79. The van der Waals surface area contributed by atoms with E-state index in [1.54, 1.807) is 0 Å². The van der Waals surface area contributed by atoms with Crippen LogP contribution in [-0.2, 0) is 4.57 Å². The van der Waals surface area contributed by atoms with Crippen molar-refractivity contribution in [3.63, 3.8) is 0 Å². The van der Waals surface area contributed by atoms with Crippen LogP contribution in [0, 0.1) is 0 Å². The molecule has 0 aromatic heterocycles. The Kier molecular flexibility index (Phi) is 6.28. The van der Waals surface area contributed by atoms with Crippen LogP contribution >= 0.6 is 7.14 Å². The van der Waals surface area contributed by atoms with E-state index in [4.69, 9.17) is 0 Å². The Bertz CT molecular complexity index is 1870. The van der Waals surface area contributed by atoms with E-state index in [-0.39, 0.29) is 10.3 Å². The van der Waals surface area contributed by atoms with Gasteiger partial charge >= 0.3 is 0 Å². The Morgan fingerprint density at radius 3 is 1.40 bits per heavy atom. The van der Waals surface area contributed by atoms with E-state index in [1.807, 2.05) is 0 Å². The highest BCUT2D eigenvalue weighted by molar-refractivity contribution is 7.74. The summed E-state index contributed by atoms with van der Waals surface area (Å²) in [5.41, 5.74) is 4.79. The molecule has 0 N–H and O–H groups in total. The van der Waals surface area contributed by atoms with Gasteiger partial charge in [-0.25, -0.2) is 0 Å². The number of rotatable bonds is 3. The highest BCUT2D eigenvalue weighted by Crippen LogP contribution is 2.66. The highest BCUT2D eigenvalue weighted by Gasteiger charge is 2.47. The minimum Gasteiger partial charge on any atom is -0.318 e. The van der Waals surface area contributed by atoms with Crippen molar-refractivity contribution in [1.82, 2.24) is 0 Å². The maximum absolute atomic E-state index is 14.9. The fourth-order valence-corrected chi connectivity index (χ4v) is 10.9. The molecule has 0 bridgehead atoms. The molecular weight excluding hydrogens is 503 g/mol. The van der Waals surface area contributed by atoms with Crippen molar-refractivity contribution < 1.29 is 4.57 Å². The van der Waals surface area contributed by atoms with E-state index in [2.05, 4.69) is 157 Å². The molecule has 0 heterocycles. The van der Waals surface area contributed by atoms with Crippen molar-refractivity contribution in [3.05, 3.63) is 115 Å². The molecule has 0 aliphatic carbocycles. The molecule has 0 amide bonds. The van der Waals surface area contributed by atoms with Gasteiger partial charge in [-0.1, -0.05) is 145 Å². The molecule has 1 nitrogen and oxygen atoms in total. The Balaban J connectivity index is 1.69. The van der Waals surface area contributed by atoms with E-state index >= 15 is 0 Å². The van der Waals surface area contributed by atoms with Gasteiger partial charge in [-0.3, -0.25) is 0 Å². The predicted molar refractivity (Wildman–Crippen MR) is 177 cm³/mol. The lowest BCUT2D eigenvalue weighted by Crippen LogP contribution is -2.35. The Morgan fingerprint density at radius 1 is 0.450 bits per heavy atom. The first-order valence-corrected chi connectivity index (χ1v) is 15.9. The zero-order valence-electron chi connectivity index (χ0n) is 24.3. The summed E-state index contributed by atoms with van der Waals surface area (Å²) in [5.74, 6) is 0. The van der Waals surface area contributed by atoms with Crippen molar-refractivity contribution in [1.29, 1.82) is 0 Å². The Labute approximate surface area is 238 Å². The van der Waals surface area contributed by atoms with Crippen LogP contribution in [0.3, 0.4) is 0 Å². The molecule has 0 saturated carbocycles. The first-order valence-electron chi connectivity index (χ1n) is 14.1. The molecule has 6 aromatic carbocycles. The largest absolute Gasteiger partial charge is 0.318 e. The first kappa shape index (κ1) is 26.5. The van der Waals surface area contributed by atoms with Crippen molar-refractivity contribution in [2.24, 2.45) is 0 Å². The molecule has 0 atom stereocenters. The Morgan fingerprint density at radius 2 is 0.900 bits per heavy atom. The maximum Gasteiger partial charge on any atom is 0.125 e. The SMILES string of the molecule is CC(C)(C)P(=O)(c1cccc(-c2c3ccccc3c(-c3ccc4ccccc4c3)c3ccccc23)c1)C(C)(C)C. The average Bonchev–Trinajstić information content (AvgIpc) is 2.94. The molecule has 0 radical (unpaired) electrons. The van der Waals surface area contributed by atoms with Gasteiger partial charge in [0.2, 0.25) is 0 Å². The van der Waals surface area contributed by atoms with Gasteiger partial charge in [0, 0.05) is 15.6 Å². The van der Waals surface area contributed by atoms with E-state index in [0.29, 0.717) is 0 Å². The lowest BCUT2D eigenvalue weighted by Gasteiger charge is -2.41. The summed E-state index contributed by atoms with van der Waals surface area (Å²) < 4.78 is 14.9. The molecule has 6 rings (SSSR count). The smallest absolute Gasteiger partial charge is 0.125 e. The molecule has 0 fully saturated rings. The van der Waals surface area contributed by atoms with E-state index in [0.717, 1.165) is 10.9 Å². The summed E-state index contributed by atoms with van der Waals surface area (Å²) in [6.07, 6.45) is 0. The summed E-state index contributed by atoms with van der Waals surface area (Å²) in [6.45, 7) is 12.7. The number of fused-ring (bicyclic) bond motifs is 3. The predicted octanol–water partition coefficient (Wildman–Crippen LogP) is 11.1. The third-order valence-corrected chi connectivity index (χ3v) is 13.1. The highest BCUT2D eigenvalue weighted by atomic mass is 31.2. The second-order valence-corrected chi connectivity index (χ2v) is 17.3. The normalized spacial score (nSPS) is 12.8. The molecule has 0 unspecified atom stereocenters. The van der Waals surface area contributed by atoms with Gasteiger partial charge in [0.15, 0.2) is 0 Å². The zero-order valence-corrected chi connectivity index (χ0v) is 25.2. The third kappa shape index (κ3) is 4.11. The van der Waals surface area contributed by atoms with Gasteiger partial charge in [-0.05, 0) is 66.7 Å². The van der Waals surface area contributed by atoms with E-state index in [1.165, 1.54) is 49.0 Å². The van der Waals surface area contributed by atoms with Crippen LogP contribution in [0.2, 0.25) is 0 Å². The van der Waals surface area contributed by atoms with E-state index in [9.17, 15) is 4.57 Å². The molecule has 200 valence electrons. The van der Waals surface area contributed by atoms with Crippen molar-refractivity contribution in [2.75, 3.05) is 0 Å². The molecule has 0 aliphatic heterocycles. The minimum absolute atomic E-state index is 0.353. The summed E-state index contributed by atoms with van der Waals surface area (Å²) >= 11 is 0. The maximum atomic E-state index is 14.9. The van der Waals surface area contributed by atoms with Crippen LogP contribution in [0.4, 0.5) is 0 Å². The van der Waals surface area contributed by atoms with Crippen molar-refractivity contribution >= 4 is 44.8 Å². The summed E-state index contributed by atoms with van der Waals surface area (Å²) in [5, 5.41) is 7.61. The lowest BCUT2D eigenvalue weighted by atomic mass is 9.85. The van der Waals surface area contributed by atoms with Gasteiger partial charge in [-0.15, -0.1) is 0 Å². The van der Waals surface area contributed by atoms with Gasteiger partial charge in [0.1, 0.15) is 7.14 Å². The summed E-state index contributed by atoms with van der Waals surface area (Å²) in [7, 11) is -2.79. The van der Waals surface area contributed by atoms with Crippen LogP contribution < -0.4 is 5.30 Å². The third-order valence-electron chi connectivity index (χ3n) is 8.36. The van der Waals surface area contributed by atoms with Gasteiger partial charge in [0.05, 0.1) is 0 Å². The van der Waals surface area contributed by atoms with Crippen LogP contribution in [0.25, 0.3) is 54.6 Å². The molecule has 2 heteroatoms. The molecule has 40 heavy (non-hydrogen) atoms.